The van der Waals surface area contributed by atoms with Crippen LogP contribution < -0.4 is 5.73 Å². The van der Waals surface area contributed by atoms with E-state index in [9.17, 15) is 0 Å². The van der Waals surface area contributed by atoms with Crippen LogP contribution in [0.2, 0.25) is 0 Å². The first kappa shape index (κ1) is 12.3. The second-order valence-corrected chi connectivity index (χ2v) is 5.26. The second-order valence-electron chi connectivity index (χ2n) is 5.26. The van der Waals surface area contributed by atoms with Crippen molar-refractivity contribution in [1.82, 2.24) is 24.5 Å². The molecule has 0 spiro atoms. The number of rotatable bonds is 6. The number of imidazole rings is 1. The van der Waals surface area contributed by atoms with Crippen molar-refractivity contribution < 1.29 is 0 Å². The zero-order chi connectivity index (χ0) is 13.2. The first-order chi connectivity index (χ1) is 9.28. The van der Waals surface area contributed by atoms with Crippen LogP contribution in [-0.2, 0) is 6.54 Å². The van der Waals surface area contributed by atoms with Crippen molar-refractivity contribution in [1.29, 1.82) is 0 Å². The average molecular weight is 260 g/mol. The standard InChI is InChI=1S/C13H20N6/c1-2-3-12(14)13-8-18(17-16-13)7-11-6-15-9-19(11)10-4-5-10/h6,8-10,12H,2-5,7,14H2,1H3. The molecule has 1 saturated carbocycles. The maximum atomic E-state index is 6.05. The van der Waals surface area contributed by atoms with Crippen LogP contribution >= 0.6 is 0 Å². The summed E-state index contributed by atoms with van der Waals surface area (Å²) in [5.41, 5.74) is 8.10. The highest BCUT2D eigenvalue weighted by atomic mass is 15.4. The highest BCUT2D eigenvalue weighted by molar-refractivity contribution is 5.06. The Kier molecular flexibility index (Phi) is 3.33. The van der Waals surface area contributed by atoms with Crippen molar-refractivity contribution in [3.8, 4) is 0 Å². The maximum Gasteiger partial charge on any atom is 0.0994 e. The van der Waals surface area contributed by atoms with E-state index >= 15 is 0 Å². The highest BCUT2D eigenvalue weighted by Crippen LogP contribution is 2.35. The Morgan fingerprint density at radius 3 is 3.05 bits per heavy atom. The van der Waals surface area contributed by atoms with Crippen molar-refractivity contribution in [2.24, 2.45) is 5.73 Å². The van der Waals surface area contributed by atoms with Crippen LogP contribution in [0.3, 0.4) is 0 Å². The van der Waals surface area contributed by atoms with Crippen molar-refractivity contribution in [2.45, 2.75) is 51.2 Å². The average Bonchev–Trinajstić information content (AvgIpc) is 2.96. The third kappa shape index (κ3) is 2.68. The molecule has 1 fully saturated rings. The van der Waals surface area contributed by atoms with Gasteiger partial charge in [0.2, 0.25) is 0 Å². The summed E-state index contributed by atoms with van der Waals surface area (Å²) in [7, 11) is 0. The van der Waals surface area contributed by atoms with Crippen molar-refractivity contribution in [3.05, 3.63) is 30.1 Å². The molecular formula is C13H20N6. The van der Waals surface area contributed by atoms with Crippen LogP contribution in [0.5, 0.6) is 0 Å². The fraction of sp³-hybridized carbons (Fsp3) is 0.615. The lowest BCUT2D eigenvalue weighted by atomic mass is 10.1. The summed E-state index contributed by atoms with van der Waals surface area (Å²) in [4.78, 5) is 4.23. The summed E-state index contributed by atoms with van der Waals surface area (Å²) in [5.74, 6) is 0. The van der Waals surface area contributed by atoms with Gasteiger partial charge in [0.25, 0.3) is 0 Å². The molecule has 6 heteroatoms. The van der Waals surface area contributed by atoms with E-state index in [2.05, 4.69) is 26.8 Å². The molecule has 1 aliphatic rings. The summed E-state index contributed by atoms with van der Waals surface area (Å²) in [6, 6.07) is 0.634. The molecular weight excluding hydrogens is 240 g/mol. The van der Waals surface area contributed by atoms with E-state index in [4.69, 9.17) is 5.73 Å². The Morgan fingerprint density at radius 1 is 1.47 bits per heavy atom. The van der Waals surface area contributed by atoms with Gasteiger partial charge in [0.1, 0.15) is 0 Å². The van der Waals surface area contributed by atoms with E-state index in [-0.39, 0.29) is 6.04 Å². The van der Waals surface area contributed by atoms with Gasteiger partial charge in [-0.05, 0) is 19.3 Å². The Hall–Kier alpha value is -1.69. The van der Waals surface area contributed by atoms with E-state index in [0.29, 0.717) is 12.6 Å². The van der Waals surface area contributed by atoms with Gasteiger partial charge in [-0.25, -0.2) is 9.67 Å². The van der Waals surface area contributed by atoms with Gasteiger partial charge in [0.05, 0.1) is 42.7 Å². The fourth-order valence-electron chi connectivity index (χ4n) is 2.32. The SMILES string of the molecule is CCCC(N)c1cn(Cc2cncn2C2CC2)nn1. The maximum absolute atomic E-state index is 6.05. The number of aromatic nitrogens is 5. The molecule has 0 aromatic carbocycles. The molecule has 1 aliphatic carbocycles. The minimum absolute atomic E-state index is 0.00732. The molecule has 6 nitrogen and oxygen atoms in total. The lowest BCUT2D eigenvalue weighted by molar-refractivity contribution is 0.595. The van der Waals surface area contributed by atoms with Gasteiger partial charge >= 0.3 is 0 Å². The topological polar surface area (TPSA) is 74.6 Å². The number of hydrogen-bond donors (Lipinski definition) is 1. The molecule has 2 N–H and O–H groups in total. The first-order valence-electron chi connectivity index (χ1n) is 6.94. The minimum Gasteiger partial charge on any atom is -0.330 e. The largest absolute Gasteiger partial charge is 0.330 e. The zero-order valence-electron chi connectivity index (χ0n) is 11.2. The van der Waals surface area contributed by atoms with Crippen molar-refractivity contribution in [2.75, 3.05) is 0 Å². The molecule has 0 amide bonds. The van der Waals surface area contributed by atoms with Crippen LogP contribution in [0.1, 0.15) is 56.1 Å². The van der Waals surface area contributed by atoms with Crippen LogP contribution in [0.15, 0.2) is 18.7 Å². The van der Waals surface area contributed by atoms with Gasteiger partial charge in [0.15, 0.2) is 0 Å². The van der Waals surface area contributed by atoms with Gasteiger partial charge in [0, 0.05) is 6.04 Å². The Morgan fingerprint density at radius 2 is 2.32 bits per heavy atom. The highest BCUT2D eigenvalue weighted by Gasteiger charge is 2.25. The van der Waals surface area contributed by atoms with Crippen LogP contribution in [0.25, 0.3) is 0 Å². The van der Waals surface area contributed by atoms with Crippen LogP contribution in [0, 0.1) is 0 Å². The summed E-state index contributed by atoms with van der Waals surface area (Å²) in [5, 5.41) is 8.32. The predicted octanol–water partition coefficient (Wildman–Crippen LogP) is 1.66. The number of nitrogens with two attached hydrogens (primary N) is 1. The Balaban J connectivity index is 1.71. The van der Waals surface area contributed by atoms with Gasteiger partial charge in [-0.3, -0.25) is 0 Å². The summed E-state index contributed by atoms with van der Waals surface area (Å²) < 4.78 is 4.09. The molecule has 1 atom stereocenters. The van der Waals surface area contributed by atoms with Gasteiger partial charge in [-0.15, -0.1) is 5.10 Å². The molecule has 102 valence electrons. The molecule has 0 bridgehead atoms. The molecule has 0 saturated heterocycles. The molecule has 2 aromatic heterocycles. The molecule has 0 aliphatic heterocycles. The van der Waals surface area contributed by atoms with E-state index in [1.54, 1.807) is 0 Å². The van der Waals surface area contributed by atoms with Crippen LogP contribution in [0.4, 0.5) is 0 Å². The number of hydrogen-bond acceptors (Lipinski definition) is 4. The third-order valence-corrected chi connectivity index (χ3v) is 3.55. The minimum atomic E-state index is -0.00732. The van der Waals surface area contributed by atoms with E-state index in [1.165, 1.54) is 18.5 Å². The molecule has 1 unspecified atom stereocenters. The quantitative estimate of drug-likeness (QED) is 0.857. The molecule has 0 radical (unpaired) electrons. The van der Waals surface area contributed by atoms with Gasteiger partial charge in [-0.2, -0.15) is 0 Å². The fourth-order valence-corrected chi connectivity index (χ4v) is 2.32. The van der Waals surface area contributed by atoms with E-state index in [1.807, 2.05) is 23.4 Å². The van der Waals surface area contributed by atoms with Crippen LogP contribution in [-0.4, -0.2) is 24.5 Å². The summed E-state index contributed by atoms with van der Waals surface area (Å²) in [6.07, 6.45) is 10.3. The van der Waals surface area contributed by atoms with Crippen molar-refractivity contribution >= 4 is 0 Å². The van der Waals surface area contributed by atoms with Crippen molar-refractivity contribution in [3.63, 3.8) is 0 Å². The lowest BCUT2D eigenvalue weighted by Gasteiger charge is -2.06. The first-order valence-corrected chi connectivity index (χ1v) is 6.94. The lowest BCUT2D eigenvalue weighted by Crippen LogP contribution is -2.10. The Bertz CT molecular complexity index is 539. The number of nitrogens with zero attached hydrogens (tertiary/aromatic N) is 5. The zero-order valence-corrected chi connectivity index (χ0v) is 11.2. The monoisotopic (exact) mass is 260 g/mol. The summed E-state index contributed by atoms with van der Waals surface area (Å²) >= 11 is 0. The molecule has 2 heterocycles. The van der Waals surface area contributed by atoms with E-state index in [0.717, 1.165) is 18.5 Å². The second kappa shape index (κ2) is 5.13. The molecule has 2 aromatic rings. The molecule has 3 rings (SSSR count). The predicted molar refractivity (Wildman–Crippen MR) is 71.5 cm³/mol. The molecule has 19 heavy (non-hydrogen) atoms. The smallest absolute Gasteiger partial charge is 0.0994 e. The third-order valence-electron chi connectivity index (χ3n) is 3.55. The normalized spacial score (nSPS) is 16.7. The van der Waals surface area contributed by atoms with E-state index < -0.39 is 0 Å². The summed E-state index contributed by atoms with van der Waals surface area (Å²) in [6.45, 7) is 2.83. The van der Waals surface area contributed by atoms with Gasteiger partial charge in [-0.1, -0.05) is 18.6 Å². The Labute approximate surface area is 112 Å². The van der Waals surface area contributed by atoms with Gasteiger partial charge < -0.3 is 10.3 Å².